The Labute approximate surface area is 151 Å². The van der Waals surface area contributed by atoms with Gasteiger partial charge in [0.1, 0.15) is 11.6 Å². The molecule has 0 fully saturated rings. The van der Waals surface area contributed by atoms with Gasteiger partial charge in [-0.15, -0.1) is 10.2 Å². The number of halogens is 1. The zero-order valence-electron chi connectivity index (χ0n) is 14.5. The van der Waals surface area contributed by atoms with E-state index in [0.717, 1.165) is 42.4 Å². The van der Waals surface area contributed by atoms with Gasteiger partial charge in [-0.1, -0.05) is 30.3 Å². The van der Waals surface area contributed by atoms with Crippen LogP contribution >= 0.6 is 11.8 Å². The molecule has 0 aliphatic carbocycles. The van der Waals surface area contributed by atoms with Gasteiger partial charge in [0.15, 0.2) is 5.16 Å². The molecule has 0 radical (unpaired) electrons. The molecular weight excluding hydrogens is 339 g/mol. The zero-order chi connectivity index (χ0) is 17.8. The van der Waals surface area contributed by atoms with Gasteiger partial charge >= 0.3 is 0 Å². The molecular formula is C18H23FN4OS. The number of amides is 1. The lowest BCUT2D eigenvalue weighted by atomic mass is 10.1. The van der Waals surface area contributed by atoms with Gasteiger partial charge in [-0.05, 0) is 44.4 Å². The van der Waals surface area contributed by atoms with Gasteiger partial charge < -0.3 is 9.88 Å². The van der Waals surface area contributed by atoms with Gasteiger partial charge in [-0.2, -0.15) is 0 Å². The largest absolute Gasteiger partial charge is 0.349 e. The van der Waals surface area contributed by atoms with Crippen LogP contribution in [0.5, 0.6) is 0 Å². The number of aromatic nitrogens is 3. The number of benzene rings is 1. The van der Waals surface area contributed by atoms with E-state index in [9.17, 15) is 9.18 Å². The van der Waals surface area contributed by atoms with Crippen LogP contribution < -0.4 is 5.32 Å². The third-order valence-corrected chi connectivity index (χ3v) is 5.54. The van der Waals surface area contributed by atoms with Crippen LogP contribution in [0.1, 0.15) is 50.5 Å². The van der Waals surface area contributed by atoms with Crippen molar-refractivity contribution in [2.24, 2.45) is 0 Å². The Morgan fingerprint density at radius 3 is 2.72 bits per heavy atom. The molecule has 2 heterocycles. The van der Waals surface area contributed by atoms with Crippen molar-refractivity contribution in [3.05, 3.63) is 41.5 Å². The summed E-state index contributed by atoms with van der Waals surface area (Å²) in [6.07, 6.45) is 4.43. The Balaban J connectivity index is 1.61. The molecule has 1 amide bonds. The monoisotopic (exact) mass is 362 g/mol. The molecule has 134 valence electrons. The van der Waals surface area contributed by atoms with Gasteiger partial charge in [0.2, 0.25) is 5.91 Å². The second-order valence-electron chi connectivity index (χ2n) is 6.40. The number of aryl methyl sites for hydroxylation is 1. The average Bonchev–Trinajstić information content (AvgIpc) is 2.82. The van der Waals surface area contributed by atoms with E-state index in [1.807, 2.05) is 13.8 Å². The summed E-state index contributed by atoms with van der Waals surface area (Å²) in [6, 6.07) is 6.02. The van der Waals surface area contributed by atoms with Crippen molar-refractivity contribution in [3.8, 4) is 0 Å². The highest BCUT2D eigenvalue weighted by molar-refractivity contribution is 8.00. The molecule has 3 rings (SSSR count). The fraction of sp³-hybridized carbons (Fsp3) is 0.500. The van der Waals surface area contributed by atoms with Crippen LogP contribution in [-0.4, -0.2) is 25.9 Å². The van der Waals surface area contributed by atoms with Crippen LogP contribution in [0.25, 0.3) is 0 Å². The quantitative estimate of drug-likeness (QED) is 0.827. The predicted molar refractivity (Wildman–Crippen MR) is 95.9 cm³/mol. The maximum absolute atomic E-state index is 13.0. The molecule has 5 nitrogen and oxygen atoms in total. The second kappa shape index (κ2) is 7.99. The first kappa shape index (κ1) is 17.9. The van der Waals surface area contributed by atoms with Gasteiger partial charge in [0.05, 0.1) is 11.3 Å². The van der Waals surface area contributed by atoms with Gasteiger partial charge in [0.25, 0.3) is 0 Å². The first-order valence-corrected chi connectivity index (χ1v) is 9.57. The fourth-order valence-corrected chi connectivity index (χ4v) is 3.83. The van der Waals surface area contributed by atoms with E-state index in [1.165, 1.54) is 30.3 Å². The highest BCUT2D eigenvalue weighted by Crippen LogP contribution is 2.26. The third-order valence-electron chi connectivity index (χ3n) is 4.46. The molecule has 0 unspecified atom stereocenters. The minimum Gasteiger partial charge on any atom is -0.349 e. The van der Waals surface area contributed by atoms with Crippen molar-refractivity contribution in [1.29, 1.82) is 0 Å². The van der Waals surface area contributed by atoms with Crippen LogP contribution in [-0.2, 0) is 17.8 Å². The maximum Gasteiger partial charge on any atom is 0.233 e. The van der Waals surface area contributed by atoms with Crippen LogP contribution in [0.3, 0.4) is 0 Å². The Kier molecular flexibility index (Phi) is 5.73. The van der Waals surface area contributed by atoms with E-state index in [-0.39, 0.29) is 23.0 Å². The smallest absolute Gasteiger partial charge is 0.233 e. The normalized spacial score (nSPS) is 16.6. The van der Waals surface area contributed by atoms with Crippen molar-refractivity contribution < 1.29 is 9.18 Å². The molecule has 1 N–H and O–H groups in total. The number of thioether (sulfide) groups is 1. The molecule has 0 spiro atoms. The number of fused-ring (bicyclic) bond motifs is 1. The third kappa shape index (κ3) is 4.39. The van der Waals surface area contributed by atoms with E-state index >= 15 is 0 Å². The lowest BCUT2D eigenvalue weighted by molar-refractivity contribution is -0.120. The first-order valence-electron chi connectivity index (χ1n) is 8.69. The topological polar surface area (TPSA) is 59.8 Å². The number of nitrogens with one attached hydrogen (secondary N) is 1. The second-order valence-corrected chi connectivity index (χ2v) is 7.71. The van der Waals surface area contributed by atoms with E-state index in [4.69, 9.17) is 0 Å². The van der Waals surface area contributed by atoms with Crippen molar-refractivity contribution in [1.82, 2.24) is 20.1 Å². The lowest BCUT2D eigenvalue weighted by Gasteiger charge is -2.18. The number of carbonyl (C=O) groups is 1. The van der Waals surface area contributed by atoms with E-state index in [1.54, 1.807) is 12.1 Å². The maximum atomic E-state index is 13.0. The summed E-state index contributed by atoms with van der Waals surface area (Å²) < 4.78 is 15.2. The molecule has 7 heteroatoms. The van der Waals surface area contributed by atoms with E-state index < -0.39 is 0 Å². The molecule has 2 atom stereocenters. The van der Waals surface area contributed by atoms with Crippen LogP contribution in [0.4, 0.5) is 4.39 Å². The highest BCUT2D eigenvalue weighted by Gasteiger charge is 2.22. The summed E-state index contributed by atoms with van der Waals surface area (Å²) in [6.45, 7) is 4.69. The molecule has 0 saturated carbocycles. The summed E-state index contributed by atoms with van der Waals surface area (Å²) in [5, 5.41) is 12.1. The molecule has 0 saturated heterocycles. The van der Waals surface area contributed by atoms with Crippen LogP contribution in [0.2, 0.25) is 0 Å². The number of nitrogens with zero attached hydrogens (tertiary/aromatic N) is 3. The Morgan fingerprint density at radius 1 is 1.20 bits per heavy atom. The molecule has 2 aromatic rings. The average molecular weight is 362 g/mol. The molecule has 25 heavy (non-hydrogen) atoms. The Hall–Kier alpha value is -1.89. The number of hydrogen-bond acceptors (Lipinski definition) is 4. The number of hydrogen-bond donors (Lipinski definition) is 1. The molecule has 0 bridgehead atoms. The first-order chi connectivity index (χ1) is 12.0. The minimum atomic E-state index is -0.279. The van der Waals surface area contributed by atoms with E-state index in [0.29, 0.717) is 0 Å². The van der Waals surface area contributed by atoms with Crippen LogP contribution in [0.15, 0.2) is 29.4 Å². The summed E-state index contributed by atoms with van der Waals surface area (Å²) >= 11 is 1.44. The minimum absolute atomic E-state index is 0.0622. The fourth-order valence-electron chi connectivity index (χ4n) is 2.92. The SMILES string of the molecule is C[C@H](Sc1nnc2n1CCCCC2)C(=O)N[C@H](C)c1ccc(F)cc1. The lowest BCUT2D eigenvalue weighted by Crippen LogP contribution is -2.33. The molecule has 1 aromatic carbocycles. The standard InChI is InChI=1S/C18H23FN4OS/c1-12(14-7-9-15(19)10-8-14)20-17(24)13(2)25-18-22-21-16-6-4-3-5-11-23(16)18/h7-10,12-13H,3-6,11H2,1-2H3,(H,20,24)/t12-,13+/m1/s1. The van der Waals surface area contributed by atoms with Crippen molar-refractivity contribution in [2.45, 2.75) is 62.5 Å². The van der Waals surface area contributed by atoms with Gasteiger partial charge in [-0.3, -0.25) is 4.79 Å². The van der Waals surface area contributed by atoms with Gasteiger partial charge in [0, 0.05) is 13.0 Å². The predicted octanol–water partition coefficient (Wildman–Crippen LogP) is 3.50. The zero-order valence-corrected chi connectivity index (χ0v) is 15.4. The Morgan fingerprint density at radius 2 is 1.96 bits per heavy atom. The summed E-state index contributed by atoms with van der Waals surface area (Å²) in [4.78, 5) is 12.5. The van der Waals surface area contributed by atoms with Crippen molar-refractivity contribution >= 4 is 17.7 Å². The number of rotatable bonds is 5. The number of carbonyl (C=O) groups excluding carboxylic acids is 1. The van der Waals surface area contributed by atoms with Crippen molar-refractivity contribution in [2.75, 3.05) is 0 Å². The van der Waals surface area contributed by atoms with Gasteiger partial charge in [-0.25, -0.2) is 4.39 Å². The molecule has 1 aliphatic rings. The summed E-state index contributed by atoms with van der Waals surface area (Å²) in [5.74, 6) is 0.679. The van der Waals surface area contributed by atoms with Crippen molar-refractivity contribution in [3.63, 3.8) is 0 Å². The highest BCUT2D eigenvalue weighted by atomic mass is 32.2. The summed E-state index contributed by atoms with van der Waals surface area (Å²) in [7, 11) is 0. The molecule has 1 aromatic heterocycles. The van der Waals surface area contributed by atoms with Crippen LogP contribution in [0, 0.1) is 5.82 Å². The van der Waals surface area contributed by atoms with E-state index in [2.05, 4.69) is 20.1 Å². The summed E-state index contributed by atoms with van der Waals surface area (Å²) in [5.41, 5.74) is 0.878. The molecule has 1 aliphatic heterocycles. The Bertz CT molecular complexity index is 731.